The molecular weight excluding hydrogens is 1150 g/mol. The second kappa shape index (κ2) is 57.9. The van der Waals surface area contributed by atoms with Gasteiger partial charge in [-0.3, -0.25) is 37.3 Å². The highest BCUT2D eigenvalue weighted by Crippen LogP contribution is 2.45. The van der Waals surface area contributed by atoms with Crippen molar-refractivity contribution in [3.8, 4) is 0 Å². The Labute approximate surface area is 530 Å². The van der Waals surface area contributed by atoms with Crippen LogP contribution in [0.15, 0.2) is 0 Å². The minimum atomic E-state index is -4.95. The molecule has 0 aliphatic carbocycles. The molecule has 0 aliphatic heterocycles. The van der Waals surface area contributed by atoms with Gasteiger partial charge in [-0.25, -0.2) is 9.13 Å². The first kappa shape index (κ1) is 85.1. The molecule has 3 N–H and O–H groups in total. The SMILES string of the molecule is CCC(C)CCCCCCCCCCC(=O)O[C@H](COC(=O)CCCCCCCCCCCCCC(C)C)COP(=O)(O)OCC(O)COP(=O)(O)OC[C@@H](COC(=O)CCCCCCCCCCC(C)C)OC(=O)CCCCCCCCCC(C)C. The number of esters is 4. The number of aliphatic hydroxyl groups is 1. The normalized spacial score (nSPS) is 14.6. The molecule has 4 unspecified atom stereocenters. The molecule has 17 nitrogen and oxygen atoms in total. The summed E-state index contributed by atoms with van der Waals surface area (Å²) < 4.78 is 68.2. The van der Waals surface area contributed by atoms with E-state index in [1.807, 2.05) is 0 Å². The maximum atomic E-state index is 13.0. The monoisotopic (exact) mass is 1280 g/mol. The second-order valence-corrected chi connectivity index (χ2v) is 29.1. The third-order valence-electron chi connectivity index (χ3n) is 15.9. The zero-order chi connectivity index (χ0) is 64.7. The lowest BCUT2D eigenvalue weighted by atomic mass is 9.99. The van der Waals surface area contributed by atoms with Crippen molar-refractivity contribution in [1.82, 2.24) is 0 Å². The third kappa shape index (κ3) is 61.3. The molecule has 0 saturated carbocycles. The fourth-order valence-electron chi connectivity index (χ4n) is 10.1. The van der Waals surface area contributed by atoms with Gasteiger partial charge in [-0.1, -0.05) is 280 Å². The van der Waals surface area contributed by atoms with Gasteiger partial charge in [0, 0.05) is 25.7 Å². The molecule has 0 bridgehead atoms. The van der Waals surface area contributed by atoms with E-state index in [0.29, 0.717) is 31.6 Å². The van der Waals surface area contributed by atoms with E-state index in [9.17, 15) is 43.2 Å². The van der Waals surface area contributed by atoms with Crippen LogP contribution < -0.4 is 0 Å². The molecule has 0 fully saturated rings. The van der Waals surface area contributed by atoms with Crippen LogP contribution in [0.25, 0.3) is 0 Å². The fourth-order valence-corrected chi connectivity index (χ4v) is 11.7. The smallest absolute Gasteiger partial charge is 0.462 e. The van der Waals surface area contributed by atoms with Crippen molar-refractivity contribution in [1.29, 1.82) is 0 Å². The van der Waals surface area contributed by atoms with Crippen LogP contribution >= 0.6 is 15.6 Å². The van der Waals surface area contributed by atoms with Crippen molar-refractivity contribution in [2.45, 2.75) is 350 Å². The standard InChI is InChI=1S/C68H132O17P2/c1-9-61(8)47-39-31-23-16-18-26-34-42-50-67(72)84-63(54-78-65(70)48-40-32-24-14-12-10-11-13-20-28-36-44-58(2)3)56-82-86(74,75)80-52-62(69)53-81-87(76,77)83-57-64(85-68(73)51-43-35-27-19-22-30-38-46-60(6)7)55-79-66(71)49-41-33-25-17-15-21-29-37-45-59(4)5/h58-64,69H,9-57H2,1-8H3,(H,74,75)(H,76,77)/t61?,62?,63-,64-/m1/s1. The van der Waals surface area contributed by atoms with Gasteiger partial charge in [0.25, 0.3) is 0 Å². The van der Waals surface area contributed by atoms with E-state index in [4.69, 9.17) is 37.0 Å². The van der Waals surface area contributed by atoms with Gasteiger partial charge in [-0.15, -0.1) is 0 Å². The lowest BCUT2D eigenvalue weighted by molar-refractivity contribution is -0.161. The number of unbranched alkanes of at least 4 members (excludes halogenated alkanes) is 30. The van der Waals surface area contributed by atoms with Crippen LogP contribution in [-0.4, -0.2) is 96.7 Å². The van der Waals surface area contributed by atoms with Crippen molar-refractivity contribution >= 4 is 39.5 Å². The van der Waals surface area contributed by atoms with Crippen molar-refractivity contribution in [3.05, 3.63) is 0 Å². The van der Waals surface area contributed by atoms with Gasteiger partial charge >= 0.3 is 39.5 Å². The Balaban J connectivity index is 5.25. The lowest BCUT2D eigenvalue weighted by Gasteiger charge is -2.21. The zero-order valence-electron chi connectivity index (χ0n) is 56.6. The number of hydrogen-bond donors (Lipinski definition) is 3. The topological polar surface area (TPSA) is 237 Å². The fraction of sp³-hybridized carbons (Fsp3) is 0.941. The molecule has 0 aromatic rings. The van der Waals surface area contributed by atoms with Gasteiger partial charge in [-0.05, 0) is 49.4 Å². The maximum absolute atomic E-state index is 13.0. The Kier molecular flexibility index (Phi) is 56.6. The molecule has 19 heteroatoms. The molecule has 87 heavy (non-hydrogen) atoms. The highest BCUT2D eigenvalue weighted by Gasteiger charge is 2.30. The number of aliphatic hydroxyl groups excluding tert-OH is 1. The number of carbonyl (C=O) groups excluding carboxylic acids is 4. The molecule has 6 atom stereocenters. The molecule has 0 aromatic carbocycles. The quantitative estimate of drug-likeness (QED) is 0.0222. The Morgan fingerprint density at radius 3 is 0.816 bits per heavy atom. The van der Waals surface area contributed by atoms with Crippen LogP contribution in [0.3, 0.4) is 0 Å². The molecule has 0 amide bonds. The van der Waals surface area contributed by atoms with Gasteiger partial charge in [0.15, 0.2) is 12.2 Å². The van der Waals surface area contributed by atoms with Crippen LogP contribution in [0.1, 0.15) is 331 Å². The summed E-state index contributed by atoms with van der Waals surface area (Å²) >= 11 is 0. The number of phosphoric ester groups is 2. The number of carbonyl (C=O) groups is 4. The van der Waals surface area contributed by atoms with Gasteiger partial charge in [0.2, 0.25) is 0 Å². The summed E-state index contributed by atoms with van der Waals surface area (Å²) in [6.45, 7) is 14.0. The Hall–Kier alpha value is -1.94. The first-order valence-corrected chi connectivity index (χ1v) is 38.2. The van der Waals surface area contributed by atoms with Crippen molar-refractivity contribution in [2.24, 2.45) is 23.7 Å². The van der Waals surface area contributed by atoms with E-state index in [-0.39, 0.29) is 25.7 Å². The van der Waals surface area contributed by atoms with E-state index >= 15 is 0 Å². The van der Waals surface area contributed by atoms with Crippen LogP contribution in [0.5, 0.6) is 0 Å². The summed E-state index contributed by atoms with van der Waals surface area (Å²) in [5.41, 5.74) is 0. The van der Waals surface area contributed by atoms with Gasteiger partial charge in [0.05, 0.1) is 26.4 Å². The Bertz CT molecular complexity index is 1730. The summed E-state index contributed by atoms with van der Waals surface area (Å²) in [6, 6.07) is 0. The van der Waals surface area contributed by atoms with Gasteiger partial charge in [0.1, 0.15) is 19.3 Å². The summed E-state index contributed by atoms with van der Waals surface area (Å²) in [6.07, 6.45) is 39.0. The number of ether oxygens (including phenoxy) is 4. The third-order valence-corrected chi connectivity index (χ3v) is 17.8. The highest BCUT2D eigenvalue weighted by molar-refractivity contribution is 7.47. The molecule has 516 valence electrons. The maximum Gasteiger partial charge on any atom is 0.472 e. The van der Waals surface area contributed by atoms with Crippen LogP contribution in [0.2, 0.25) is 0 Å². The molecule has 0 spiro atoms. The van der Waals surface area contributed by atoms with Crippen molar-refractivity contribution < 1.29 is 80.2 Å². The predicted octanol–water partition coefficient (Wildman–Crippen LogP) is 18.9. The van der Waals surface area contributed by atoms with E-state index in [1.165, 1.54) is 135 Å². The average molecular weight is 1280 g/mol. The van der Waals surface area contributed by atoms with E-state index in [2.05, 4.69) is 55.4 Å². The van der Waals surface area contributed by atoms with Crippen LogP contribution in [0.4, 0.5) is 0 Å². The van der Waals surface area contributed by atoms with E-state index in [0.717, 1.165) is 108 Å². The molecular formula is C68H132O17P2. The molecule has 0 aliphatic rings. The second-order valence-electron chi connectivity index (χ2n) is 26.2. The van der Waals surface area contributed by atoms with Crippen molar-refractivity contribution in [2.75, 3.05) is 39.6 Å². The lowest BCUT2D eigenvalue weighted by Crippen LogP contribution is -2.30. The molecule has 0 heterocycles. The van der Waals surface area contributed by atoms with Gasteiger partial charge in [-0.2, -0.15) is 0 Å². The van der Waals surface area contributed by atoms with Crippen molar-refractivity contribution in [3.63, 3.8) is 0 Å². The molecule has 0 saturated heterocycles. The first-order chi connectivity index (χ1) is 41.6. The minimum Gasteiger partial charge on any atom is -0.462 e. The highest BCUT2D eigenvalue weighted by atomic mass is 31.2. The Morgan fingerprint density at radius 1 is 0.322 bits per heavy atom. The summed E-state index contributed by atoms with van der Waals surface area (Å²) in [7, 11) is -9.90. The van der Waals surface area contributed by atoms with Crippen LogP contribution in [0, 0.1) is 23.7 Å². The average Bonchev–Trinajstić information content (AvgIpc) is 3.69. The van der Waals surface area contributed by atoms with Crippen LogP contribution in [-0.2, 0) is 65.4 Å². The van der Waals surface area contributed by atoms with E-state index < -0.39 is 97.5 Å². The number of hydrogen-bond acceptors (Lipinski definition) is 15. The largest absolute Gasteiger partial charge is 0.472 e. The molecule has 0 aromatic heterocycles. The number of rotatable bonds is 65. The zero-order valence-corrected chi connectivity index (χ0v) is 58.4. The number of phosphoric acid groups is 2. The predicted molar refractivity (Wildman–Crippen MR) is 349 cm³/mol. The first-order valence-electron chi connectivity index (χ1n) is 35.2. The molecule has 0 rings (SSSR count). The summed E-state index contributed by atoms with van der Waals surface area (Å²) in [4.78, 5) is 72.4. The summed E-state index contributed by atoms with van der Waals surface area (Å²) in [5, 5.41) is 10.6. The van der Waals surface area contributed by atoms with Gasteiger partial charge < -0.3 is 33.8 Å². The summed E-state index contributed by atoms with van der Waals surface area (Å²) in [5.74, 6) is 0.827. The molecule has 0 radical (unpaired) electrons. The van der Waals surface area contributed by atoms with E-state index in [1.54, 1.807) is 0 Å². The Morgan fingerprint density at radius 2 is 0.552 bits per heavy atom. The minimum absolute atomic E-state index is 0.102.